The molecule has 2 rings (SSSR count). The Labute approximate surface area is 126 Å². The normalized spacial score (nSPS) is 18.3. The van der Waals surface area contributed by atoms with E-state index in [-0.39, 0.29) is 24.2 Å². The number of halogens is 3. The molecule has 1 fully saturated rings. The predicted molar refractivity (Wildman–Crippen MR) is 73.3 cm³/mol. The molecule has 2 N–H and O–H groups in total. The predicted octanol–water partition coefficient (Wildman–Crippen LogP) is 2.56. The van der Waals surface area contributed by atoms with Crippen molar-refractivity contribution in [1.82, 2.24) is 5.32 Å². The molecule has 0 saturated heterocycles. The molecule has 4 nitrogen and oxygen atoms in total. The van der Waals surface area contributed by atoms with Crippen molar-refractivity contribution in [3.63, 3.8) is 0 Å². The Hall–Kier alpha value is -1.76. The smallest absolute Gasteiger partial charge is 0.352 e. The molecule has 0 radical (unpaired) electrons. The molecule has 0 aromatic heterocycles. The highest BCUT2D eigenvalue weighted by Crippen LogP contribution is 2.44. The zero-order chi connectivity index (χ0) is 16.5. The second kappa shape index (κ2) is 5.79. The summed E-state index contributed by atoms with van der Waals surface area (Å²) in [5, 5.41) is 11.8. The molecule has 7 heteroatoms. The summed E-state index contributed by atoms with van der Waals surface area (Å²) in [7, 11) is 1.32. The van der Waals surface area contributed by atoms with Crippen molar-refractivity contribution < 1.29 is 27.8 Å². The van der Waals surface area contributed by atoms with Gasteiger partial charge in [-0.1, -0.05) is 6.07 Å². The molecule has 1 saturated carbocycles. The van der Waals surface area contributed by atoms with E-state index in [1.165, 1.54) is 26.2 Å². The Morgan fingerprint density at radius 3 is 2.59 bits per heavy atom. The molecular weight excluding hydrogens is 299 g/mol. The van der Waals surface area contributed by atoms with E-state index >= 15 is 0 Å². The minimum absolute atomic E-state index is 0.0188. The van der Waals surface area contributed by atoms with E-state index in [4.69, 9.17) is 4.74 Å². The van der Waals surface area contributed by atoms with Crippen LogP contribution < -0.4 is 10.1 Å². The molecule has 1 aromatic rings. The van der Waals surface area contributed by atoms with Crippen LogP contribution in [0.3, 0.4) is 0 Å². The van der Waals surface area contributed by atoms with Crippen LogP contribution in [0, 0.1) is 5.82 Å². The number of alkyl halides is 2. The Balaban J connectivity index is 2.19. The molecule has 0 heterocycles. The lowest BCUT2D eigenvalue weighted by atomic mass is 9.75. The first-order chi connectivity index (χ1) is 10.2. The molecule has 1 unspecified atom stereocenters. The monoisotopic (exact) mass is 317 g/mol. The van der Waals surface area contributed by atoms with Crippen LogP contribution in [0.2, 0.25) is 0 Å². The fraction of sp³-hybridized carbons (Fsp3) is 0.533. The first-order valence-electron chi connectivity index (χ1n) is 6.96. The van der Waals surface area contributed by atoms with Crippen molar-refractivity contribution in [2.45, 2.75) is 43.8 Å². The van der Waals surface area contributed by atoms with Gasteiger partial charge >= 0.3 is 5.92 Å². The quantitative estimate of drug-likeness (QED) is 0.877. The van der Waals surface area contributed by atoms with Crippen molar-refractivity contribution in [3.8, 4) is 5.75 Å². The van der Waals surface area contributed by atoms with Crippen LogP contribution in [0.1, 0.15) is 37.8 Å². The van der Waals surface area contributed by atoms with E-state index < -0.39 is 29.3 Å². The van der Waals surface area contributed by atoms with Crippen LogP contribution in [0.5, 0.6) is 5.75 Å². The molecule has 22 heavy (non-hydrogen) atoms. The minimum Gasteiger partial charge on any atom is -0.496 e. The van der Waals surface area contributed by atoms with Gasteiger partial charge in [-0.3, -0.25) is 4.79 Å². The summed E-state index contributed by atoms with van der Waals surface area (Å²) in [6.45, 7) is 1.37. The Morgan fingerprint density at radius 1 is 1.45 bits per heavy atom. The molecule has 1 aromatic carbocycles. The van der Waals surface area contributed by atoms with Gasteiger partial charge in [-0.05, 0) is 38.3 Å². The summed E-state index contributed by atoms with van der Waals surface area (Å²) in [5.41, 5.74) is -2.33. The molecule has 0 bridgehead atoms. The highest BCUT2D eigenvalue weighted by Gasteiger charge is 2.61. The van der Waals surface area contributed by atoms with E-state index in [1.54, 1.807) is 0 Å². The SMILES string of the molecule is COc1cccc(F)c1C(C)NC(=O)C(F)(F)C1(O)CCC1. The largest absolute Gasteiger partial charge is 0.496 e. The summed E-state index contributed by atoms with van der Waals surface area (Å²) >= 11 is 0. The number of nitrogens with one attached hydrogen (secondary N) is 1. The lowest BCUT2D eigenvalue weighted by Gasteiger charge is -2.41. The number of benzene rings is 1. The summed E-state index contributed by atoms with van der Waals surface area (Å²) in [5.74, 6) is -6.05. The molecular formula is C15H18F3NO3. The lowest BCUT2D eigenvalue weighted by molar-refractivity contribution is -0.216. The van der Waals surface area contributed by atoms with Crippen LogP contribution in [-0.2, 0) is 4.79 Å². The number of methoxy groups -OCH3 is 1. The van der Waals surface area contributed by atoms with Gasteiger partial charge in [-0.15, -0.1) is 0 Å². The van der Waals surface area contributed by atoms with Gasteiger partial charge in [0.2, 0.25) is 0 Å². The molecule has 122 valence electrons. The number of amides is 1. The average molecular weight is 317 g/mol. The number of carbonyl (C=O) groups is 1. The Kier molecular flexibility index (Phi) is 4.37. The van der Waals surface area contributed by atoms with Crippen LogP contribution in [0.25, 0.3) is 0 Å². The standard InChI is InChI=1S/C15H18F3NO3/c1-9(12-10(16)5-3-6-11(12)22-2)19-13(20)15(17,18)14(21)7-4-8-14/h3,5-6,9,21H,4,7-8H2,1-2H3,(H,19,20). The van der Waals surface area contributed by atoms with Crippen LogP contribution in [0.15, 0.2) is 18.2 Å². The van der Waals surface area contributed by atoms with Crippen molar-refractivity contribution in [2.24, 2.45) is 0 Å². The lowest BCUT2D eigenvalue weighted by Crippen LogP contribution is -2.60. The summed E-state index contributed by atoms with van der Waals surface area (Å²) in [6, 6.07) is 3.01. The van der Waals surface area contributed by atoms with E-state index in [0.717, 1.165) is 6.07 Å². The Bertz CT molecular complexity index is 573. The van der Waals surface area contributed by atoms with Crippen molar-refractivity contribution >= 4 is 5.91 Å². The van der Waals surface area contributed by atoms with Gasteiger partial charge in [0.25, 0.3) is 5.91 Å². The van der Waals surface area contributed by atoms with Crippen molar-refractivity contribution in [2.75, 3.05) is 7.11 Å². The fourth-order valence-electron chi connectivity index (χ4n) is 2.51. The van der Waals surface area contributed by atoms with Crippen LogP contribution in [-0.4, -0.2) is 29.6 Å². The summed E-state index contributed by atoms with van der Waals surface area (Å²) in [6.07, 6.45) is 0.172. The maximum atomic E-state index is 14.0. The van der Waals surface area contributed by atoms with E-state index in [9.17, 15) is 23.1 Å². The van der Waals surface area contributed by atoms with Crippen LogP contribution in [0.4, 0.5) is 13.2 Å². The Morgan fingerprint density at radius 2 is 2.09 bits per heavy atom. The van der Waals surface area contributed by atoms with E-state index in [2.05, 4.69) is 5.32 Å². The number of hydrogen-bond donors (Lipinski definition) is 2. The maximum Gasteiger partial charge on any atom is 0.352 e. The molecule has 0 aliphatic heterocycles. The number of aliphatic hydroxyl groups is 1. The molecule has 1 amide bonds. The highest BCUT2D eigenvalue weighted by atomic mass is 19.3. The first-order valence-corrected chi connectivity index (χ1v) is 6.96. The maximum absolute atomic E-state index is 14.0. The highest BCUT2D eigenvalue weighted by molar-refractivity contribution is 5.85. The number of rotatable bonds is 5. The molecule has 0 spiro atoms. The third kappa shape index (κ3) is 2.65. The second-order valence-corrected chi connectivity index (χ2v) is 5.51. The minimum atomic E-state index is -3.92. The van der Waals surface area contributed by atoms with Crippen LogP contribution >= 0.6 is 0 Å². The number of carbonyl (C=O) groups excluding carboxylic acids is 1. The van der Waals surface area contributed by atoms with E-state index in [1.807, 2.05) is 0 Å². The van der Waals surface area contributed by atoms with Gasteiger partial charge in [0, 0.05) is 0 Å². The summed E-state index contributed by atoms with van der Waals surface area (Å²) in [4.78, 5) is 11.8. The third-order valence-corrected chi connectivity index (χ3v) is 4.06. The van der Waals surface area contributed by atoms with Gasteiger partial charge in [-0.25, -0.2) is 4.39 Å². The second-order valence-electron chi connectivity index (χ2n) is 5.51. The molecule has 1 atom stereocenters. The van der Waals surface area contributed by atoms with Gasteiger partial charge in [-0.2, -0.15) is 8.78 Å². The van der Waals surface area contributed by atoms with Crippen molar-refractivity contribution in [3.05, 3.63) is 29.6 Å². The molecule has 1 aliphatic carbocycles. The van der Waals surface area contributed by atoms with Gasteiger partial charge in [0.05, 0.1) is 18.7 Å². The van der Waals surface area contributed by atoms with Gasteiger partial charge in [0.1, 0.15) is 17.2 Å². The molecule has 1 aliphatic rings. The number of ether oxygens (including phenoxy) is 1. The van der Waals surface area contributed by atoms with Crippen molar-refractivity contribution in [1.29, 1.82) is 0 Å². The topological polar surface area (TPSA) is 58.6 Å². The first kappa shape index (κ1) is 16.6. The third-order valence-electron chi connectivity index (χ3n) is 4.06. The van der Waals surface area contributed by atoms with Gasteiger partial charge < -0.3 is 15.2 Å². The zero-order valence-corrected chi connectivity index (χ0v) is 12.3. The fourth-order valence-corrected chi connectivity index (χ4v) is 2.51. The zero-order valence-electron chi connectivity index (χ0n) is 12.3. The van der Waals surface area contributed by atoms with Gasteiger partial charge in [0.15, 0.2) is 0 Å². The average Bonchev–Trinajstić information content (AvgIpc) is 2.43. The summed E-state index contributed by atoms with van der Waals surface area (Å²) < 4.78 is 46.9. The number of hydrogen-bond acceptors (Lipinski definition) is 3. The van der Waals surface area contributed by atoms with E-state index in [0.29, 0.717) is 6.42 Å².